The number of hydrogen-bond acceptors (Lipinski definition) is 5. The molecule has 196 valence electrons. The van der Waals surface area contributed by atoms with Crippen molar-refractivity contribution in [3.63, 3.8) is 0 Å². The molecule has 1 fully saturated rings. The van der Waals surface area contributed by atoms with Gasteiger partial charge in [0.05, 0.1) is 23.5 Å². The summed E-state index contributed by atoms with van der Waals surface area (Å²) >= 11 is 0. The van der Waals surface area contributed by atoms with Crippen LogP contribution in [0.3, 0.4) is 0 Å². The van der Waals surface area contributed by atoms with Crippen LogP contribution < -0.4 is 15.5 Å². The van der Waals surface area contributed by atoms with E-state index in [-0.39, 0.29) is 11.8 Å². The Balaban J connectivity index is 1.37. The molecule has 2 N–H and O–H groups in total. The molecule has 8 heteroatoms. The summed E-state index contributed by atoms with van der Waals surface area (Å²) in [7, 11) is 3.91. The van der Waals surface area contributed by atoms with Gasteiger partial charge in [0.25, 0.3) is 5.91 Å². The predicted molar refractivity (Wildman–Crippen MR) is 150 cm³/mol. The first kappa shape index (κ1) is 25.6. The second-order valence-corrected chi connectivity index (χ2v) is 9.82. The van der Waals surface area contributed by atoms with Crippen molar-refractivity contribution in [1.82, 2.24) is 9.80 Å². The molecule has 0 atom stereocenters. The molecular weight excluding hydrogens is 481 g/mol. The van der Waals surface area contributed by atoms with Gasteiger partial charge in [0.2, 0.25) is 5.91 Å². The summed E-state index contributed by atoms with van der Waals surface area (Å²) < 4.78 is 13.8. The molecule has 0 bridgehead atoms. The number of likely N-dealkylation sites (N-methyl/N-ethyl adjacent to an activating group) is 2. The number of rotatable bonds is 6. The first-order chi connectivity index (χ1) is 18.4. The highest BCUT2D eigenvalue weighted by molar-refractivity contribution is 6.37. The molecule has 3 aromatic rings. The van der Waals surface area contributed by atoms with E-state index in [1.165, 1.54) is 12.1 Å². The number of carbonyl (C=O) groups is 2. The number of nitrogens with zero attached hydrogens (tertiary/aromatic N) is 3. The summed E-state index contributed by atoms with van der Waals surface area (Å²) in [4.78, 5) is 32.2. The zero-order valence-electron chi connectivity index (χ0n) is 21.7. The van der Waals surface area contributed by atoms with Crippen molar-refractivity contribution in [2.24, 2.45) is 0 Å². The highest BCUT2D eigenvalue weighted by Gasteiger charge is 2.29. The fraction of sp³-hybridized carbons (Fsp3) is 0.267. The second kappa shape index (κ2) is 11.2. The molecule has 0 radical (unpaired) electrons. The quantitative estimate of drug-likeness (QED) is 0.480. The van der Waals surface area contributed by atoms with Gasteiger partial charge in [0, 0.05) is 37.1 Å². The standard InChI is InChI=1S/C30H32FN5O2/c1-34-15-6-16-36(18-17-34)20-27(37)35(2)24-12-10-23(11-13-24)32-29(21-7-4-3-5-8-21)28-25-14-9-22(31)19-26(25)33-30(28)38/h3-5,7-14,19,32H,6,15-18,20H2,1-2H3,(H,33,38). The minimum absolute atomic E-state index is 0.0498. The molecule has 5 rings (SSSR count). The van der Waals surface area contributed by atoms with Crippen LogP contribution in [0.25, 0.3) is 11.3 Å². The lowest BCUT2D eigenvalue weighted by Crippen LogP contribution is -2.40. The normalized spacial score (nSPS) is 17.4. The maximum absolute atomic E-state index is 13.8. The summed E-state index contributed by atoms with van der Waals surface area (Å²) in [5.74, 6) is -0.649. The highest BCUT2D eigenvalue weighted by Crippen LogP contribution is 2.38. The summed E-state index contributed by atoms with van der Waals surface area (Å²) in [6, 6.07) is 21.4. The van der Waals surface area contributed by atoms with E-state index in [9.17, 15) is 14.0 Å². The molecule has 2 aliphatic heterocycles. The minimum Gasteiger partial charge on any atom is -0.354 e. The number of carbonyl (C=O) groups excluding carboxylic acids is 2. The summed E-state index contributed by atoms with van der Waals surface area (Å²) in [5, 5.41) is 6.18. The molecule has 2 aliphatic rings. The Labute approximate surface area is 222 Å². The molecule has 7 nitrogen and oxygen atoms in total. The van der Waals surface area contributed by atoms with Crippen molar-refractivity contribution in [1.29, 1.82) is 0 Å². The monoisotopic (exact) mass is 513 g/mol. The largest absolute Gasteiger partial charge is 0.354 e. The Kier molecular flexibility index (Phi) is 7.53. The van der Waals surface area contributed by atoms with Gasteiger partial charge in [-0.15, -0.1) is 0 Å². The van der Waals surface area contributed by atoms with Crippen LogP contribution in [0.4, 0.5) is 21.5 Å². The molecule has 0 aromatic heterocycles. The van der Waals surface area contributed by atoms with Crippen LogP contribution in [0.2, 0.25) is 0 Å². The second-order valence-electron chi connectivity index (χ2n) is 9.82. The lowest BCUT2D eigenvalue weighted by Gasteiger charge is -2.24. The molecule has 2 amide bonds. The summed E-state index contributed by atoms with van der Waals surface area (Å²) in [6.07, 6.45) is 1.06. The third-order valence-corrected chi connectivity index (χ3v) is 7.11. The zero-order valence-corrected chi connectivity index (χ0v) is 21.7. The SMILES string of the molecule is CN1CCCN(CC(=O)N(C)c2ccc(NC(=C3C(=O)Nc4cc(F)ccc43)c3ccccc3)cc2)CC1. The van der Waals surface area contributed by atoms with Gasteiger partial charge in [-0.05, 0) is 74.6 Å². The van der Waals surface area contributed by atoms with Crippen LogP contribution in [-0.4, -0.2) is 68.4 Å². The Morgan fingerprint density at radius 1 is 1.00 bits per heavy atom. The molecule has 0 spiro atoms. The minimum atomic E-state index is -0.406. The van der Waals surface area contributed by atoms with E-state index in [1.807, 2.05) is 54.6 Å². The van der Waals surface area contributed by atoms with Crippen molar-refractivity contribution in [2.45, 2.75) is 6.42 Å². The van der Waals surface area contributed by atoms with Gasteiger partial charge in [0.1, 0.15) is 5.82 Å². The molecule has 0 aliphatic carbocycles. The molecule has 2 heterocycles. The molecular formula is C30H32FN5O2. The van der Waals surface area contributed by atoms with Crippen LogP contribution in [0.1, 0.15) is 17.5 Å². The third kappa shape index (κ3) is 5.61. The topological polar surface area (TPSA) is 67.9 Å². The van der Waals surface area contributed by atoms with Crippen LogP contribution in [0.5, 0.6) is 0 Å². The number of nitrogens with one attached hydrogen (secondary N) is 2. The number of benzene rings is 3. The lowest BCUT2D eigenvalue weighted by molar-refractivity contribution is -0.119. The molecule has 0 unspecified atom stereocenters. The smallest absolute Gasteiger partial charge is 0.258 e. The fourth-order valence-corrected chi connectivity index (χ4v) is 4.89. The van der Waals surface area contributed by atoms with Crippen molar-refractivity contribution in [3.8, 4) is 0 Å². The zero-order chi connectivity index (χ0) is 26.6. The van der Waals surface area contributed by atoms with Crippen molar-refractivity contribution < 1.29 is 14.0 Å². The molecule has 0 saturated carbocycles. The maximum Gasteiger partial charge on any atom is 0.258 e. The fourth-order valence-electron chi connectivity index (χ4n) is 4.89. The van der Waals surface area contributed by atoms with Gasteiger partial charge in [-0.1, -0.05) is 30.3 Å². The van der Waals surface area contributed by atoms with Gasteiger partial charge in [-0.3, -0.25) is 14.5 Å². The van der Waals surface area contributed by atoms with Gasteiger partial charge >= 0.3 is 0 Å². The van der Waals surface area contributed by atoms with Crippen LogP contribution in [0, 0.1) is 5.82 Å². The van der Waals surface area contributed by atoms with Gasteiger partial charge in [0.15, 0.2) is 0 Å². The average Bonchev–Trinajstić information content (AvgIpc) is 3.10. The lowest BCUT2D eigenvalue weighted by atomic mass is 10.00. The highest BCUT2D eigenvalue weighted by atomic mass is 19.1. The number of hydrogen-bond donors (Lipinski definition) is 2. The van der Waals surface area contributed by atoms with E-state index in [0.717, 1.165) is 49.5 Å². The van der Waals surface area contributed by atoms with E-state index < -0.39 is 5.82 Å². The van der Waals surface area contributed by atoms with Crippen molar-refractivity contribution in [3.05, 3.63) is 89.7 Å². The molecule has 38 heavy (non-hydrogen) atoms. The molecule has 3 aromatic carbocycles. The van der Waals surface area contributed by atoms with Crippen LogP contribution in [-0.2, 0) is 9.59 Å². The Morgan fingerprint density at radius 3 is 2.53 bits per heavy atom. The van der Waals surface area contributed by atoms with E-state index in [4.69, 9.17) is 0 Å². The van der Waals surface area contributed by atoms with E-state index in [0.29, 0.717) is 29.1 Å². The van der Waals surface area contributed by atoms with Gasteiger partial charge in [-0.25, -0.2) is 4.39 Å². The van der Waals surface area contributed by atoms with Crippen molar-refractivity contribution in [2.75, 3.05) is 62.4 Å². The van der Waals surface area contributed by atoms with Crippen molar-refractivity contribution >= 4 is 40.1 Å². The van der Waals surface area contributed by atoms with Gasteiger partial charge < -0.3 is 20.4 Å². The van der Waals surface area contributed by atoms with E-state index >= 15 is 0 Å². The first-order valence-electron chi connectivity index (χ1n) is 12.8. The summed E-state index contributed by atoms with van der Waals surface area (Å²) in [6.45, 7) is 4.23. The Morgan fingerprint density at radius 2 is 1.76 bits per heavy atom. The van der Waals surface area contributed by atoms with Crippen LogP contribution >= 0.6 is 0 Å². The van der Waals surface area contributed by atoms with E-state index in [2.05, 4.69) is 27.5 Å². The predicted octanol–water partition coefficient (Wildman–Crippen LogP) is 4.36. The Hall–Kier alpha value is -4.01. The number of fused-ring (bicyclic) bond motifs is 1. The maximum atomic E-state index is 13.8. The first-order valence-corrected chi connectivity index (χ1v) is 12.8. The van der Waals surface area contributed by atoms with Gasteiger partial charge in [-0.2, -0.15) is 0 Å². The Bertz CT molecular complexity index is 1360. The number of halogens is 1. The third-order valence-electron chi connectivity index (χ3n) is 7.11. The van der Waals surface area contributed by atoms with E-state index in [1.54, 1.807) is 18.0 Å². The molecule has 1 saturated heterocycles. The summed E-state index contributed by atoms with van der Waals surface area (Å²) in [5.41, 5.74) is 4.55. The van der Waals surface area contributed by atoms with Crippen LogP contribution in [0.15, 0.2) is 72.8 Å². The number of amides is 2. The average molecular weight is 514 g/mol. The number of anilines is 3.